The number of rotatable bonds is 5. The lowest BCUT2D eigenvalue weighted by atomic mass is 9.97. The van der Waals surface area contributed by atoms with E-state index in [-0.39, 0.29) is 23.7 Å². The maximum Gasteiger partial charge on any atom is 0.257 e. The first kappa shape index (κ1) is 19.4. The molecule has 4 aromatic rings. The molecule has 4 heterocycles. The van der Waals surface area contributed by atoms with Crippen molar-refractivity contribution in [1.82, 2.24) is 35.4 Å². The normalized spacial score (nSPS) is 16.5. The lowest BCUT2D eigenvalue weighted by Crippen LogP contribution is -2.43. The van der Waals surface area contributed by atoms with Gasteiger partial charge in [0.05, 0.1) is 18.8 Å². The van der Waals surface area contributed by atoms with Crippen molar-refractivity contribution in [2.45, 2.75) is 19.4 Å². The number of carbonyl (C=O) groups is 1. The number of hydrogen-bond donors (Lipinski definition) is 2. The smallest absolute Gasteiger partial charge is 0.257 e. The fourth-order valence-electron chi connectivity index (χ4n) is 3.74. The summed E-state index contributed by atoms with van der Waals surface area (Å²) in [5.41, 5.74) is 2.06. The zero-order chi connectivity index (χ0) is 21.2. The van der Waals surface area contributed by atoms with Crippen LogP contribution >= 0.6 is 11.6 Å². The summed E-state index contributed by atoms with van der Waals surface area (Å²) in [6.07, 6.45) is 3.20. The van der Waals surface area contributed by atoms with Gasteiger partial charge >= 0.3 is 0 Å². The highest BCUT2D eigenvalue weighted by Crippen LogP contribution is 2.27. The third kappa shape index (κ3) is 4.06. The fourth-order valence-corrected chi connectivity index (χ4v) is 3.90. The van der Waals surface area contributed by atoms with E-state index < -0.39 is 0 Å². The van der Waals surface area contributed by atoms with Gasteiger partial charge in [0.1, 0.15) is 5.52 Å². The summed E-state index contributed by atoms with van der Waals surface area (Å²) in [6, 6.07) is 9.50. The van der Waals surface area contributed by atoms with Crippen molar-refractivity contribution in [2.75, 3.05) is 18.0 Å². The summed E-state index contributed by atoms with van der Waals surface area (Å²) < 4.78 is 5.29. The molecule has 1 amide bonds. The number of carbonyl (C=O) groups excluding carboxylic acids is 1. The third-order valence-corrected chi connectivity index (χ3v) is 5.41. The summed E-state index contributed by atoms with van der Waals surface area (Å²) in [5, 5.41) is 7.01. The Bertz CT molecular complexity index is 1210. The van der Waals surface area contributed by atoms with Crippen LogP contribution in [0.2, 0.25) is 5.28 Å². The molecule has 11 heteroatoms. The van der Waals surface area contributed by atoms with Gasteiger partial charge in [0.2, 0.25) is 11.2 Å². The zero-order valence-electron chi connectivity index (χ0n) is 16.5. The molecular formula is C20H19ClN8O2. The molecule has 0 radical (unpaired) electrons. The van der Waals surface area contributed by atoms with E-state index in [0.29, 0.717) is 35.2 Å². The average molecular weight is 439 g/mol. The highest BCUT2D eigenvalue weighted by molar-refractivity contribution is 6.28. The lowest BCUT2D eigenvalue weighted by Gasteiger charge is -2.32. The SMILES string of the molecule is O=C(NCc1noc(-c2ccccc2)n1)C1CCCN(c2nc(Cl)nc3nc[nH]c23)C1. The van der Waals surface area contributed by atoms with Crippen molar-refractivity contribution in [3.63, 3.8) is 0 Å². The summed E-state index contributed by atoms with van der Waals surface area (Å²) in [6.45, 7) is 1.50. The molecular weight excluding hydrogens is 420 g/mol. The molecule has 0 aliphatic carbocycles. The Balaban J connectivity index is 1.24. The number of halogens is 1. The Morgan fingerprint density at radius 2 is 2.13 bits per heavy atom. The van der Waals surface area contributed by atoms with Crippen LogP contribution in [0.1, 0.15) is 18.7 Å². The van der Waals surface area contributed by atoms with Crippen molar-refractivity contribution in [3.8, 4) is 11.5 Å². The molecule has 158 valence electrons. The second-order valence-corrected chi connectivity index (χ2v) is 7.64. The Labute approximate surface area is 182 Å². The number of H-pyrrole nitrogens is 1. The first-order valence-electron chi connectivity index (χ1n) is 9.94. The van der Waals surface area contributed by atoms with Crippen LogP contribution in [0.25, 0.3) is 22.6 Å². The largest absolute Gasteiger partial charge is 0.354 e. The van der Waals surface area contributed by atoms with Crippen molar-refractivity contribution < 1.29 is 9.32 Å². The van der Waals surface area contributed by atoms with Gasteiger partial charge in [-0.05, 0) is 36.6 Å². The molecule has 31 heavy (non-hydrogen) atoms. The number of fused-ring (bicyclic) bond motifs is 1. The zero-order valence-corrected chi connectivity index (χ0v) is 17.2. The molecule has 1 saturated heterocycles. The molecule has 0 saturated carbocycles. The van der Waals surface area contributed by atoms with E-state index in [4.69, 9.17) is 16.1 Å². The molecule has 0 bridgehead atoms. The number of amides is 1. The number of aromatic nitrogens is 6. The van der Waals surface area contributed by atoms with Crippen molar-refractivity contribution in [2.24, 2.45) is 5.92 Å². The van der Waals surface area contributed by atoms with Gasteiger partial charge in [-0.3, -0.25) is 4.79 Å². The van der Waals surface area contributed by atoms with Crippen LogP contribution in [-0.4, -0.2) is 49.1 Å². The van der Waals surface area contributed by atoms with Crippen LogP contribution in [0.4, 0.5) is 5.82 Å². The summed E-state index contributed by atoms with van der Waals surface area (Å²) in [5.74, 6) is 1.27. The van der Waals surface area contributed by atoms with Crippen molar-refractivity contribution in [3.05, 3.63) is 47.8 Å². The average Bonchev–Trinajstić information content (AvgIpc) is 3.47. The minimum atomic E-state index is -0.194. The Hall–Kier alpha value is -3.53. The number of aromatic amines is 1. The maximum atomic E-state index is 12.8. The third-order valence-electron chi connectivity index (χ3n) is 5.24. The Kier molecular flexibility index (Phi) is 5.21. The molecule has 1 fully saturated rings. The van der Waals surface area contributed by atoms with E-state index in [0.717, 1.165) is 24.9 Å². The van der Waals surface area contributed by atoms with Gasteiger partial charge in [-0.1, -0.05) is 23.4 Å². The van der Waals surface area contributed by atoms with E-state index in [1.54, 1.807) is 6.33 Å². The van der Waals surface area contributed by atoms with Crippen LogP contribution in [0.3, 0.4) is 0 Å². The predicted octanol–water partition coefficient (Wildman–Crippen LogP) is 2.59. The number of imidazole rings is 1. The van der Waals surface area contributed by atoms with Crippen LogP contribution in [0.5, 0.6) is 0 Å². The first-order valence-corrected chi connectivity index (χ1v) is 10.3. The van der Waals surface area contributed by atoms with Gasteiger partial charge < -0.3 is 19.7 Å². The standard InChI is InChI=1S/C20H19ClN8O2/c21-20-26-16-15(23-11-24-16)17(27-20)29-8-4-7-13(10-29)18(30)22-9-14-25-19(31-28-14)12-5-2-1-3-6-12/h1-3,5-6,11,13H,4,7-10H2,(H,22,30)(H,23,24,26,27). The number of anilines is 1. The highest BCUT2D eigenvalue weighted by Gasteiger charge is 2.28. The highest BCUT2D eigenvalue weighted by atomic mass is 35.5. The van der Waals surface area contributed by atoms with Crippen LogP contribution < -0.4 is 10.2 Å². The van der Waals surface area contributed by atoms with Gasteiger partial charge in [-0.2, -0.15) is 15.0 Å². The summed E-state index contributed by atoms with van der Waals surface area (Å²) in [7, 11) is 0. The van der Waals surface area contributed by atoms with Gasteiger partial charge in [0, 0.05) is 18.7 Å². The minimum absolute atomic E-state index is 0.0585. The Morgan fingerprint density at radius 3 is 3.00 bits per heavy atom. The molecule has 2 N–H and O–H groups in total. The van der Waals surface area contributed by atoms with E-state index in [2.05, 4.69) is 35.4 Å². The molecule has 1 aromatic carbocycles. The predicted molar refractivity (Wildman–Crippen MR) is 113 cm³/mol. The molecule has 1 unspecified atom stereocenters. The monoisotopic (exact) mass is 438 g/mol. The fraction of sp³-hybridized carbons (Fsp3) is 0.300. The topological polar surface area (TPSA) is 126 Å². The number of benzene rings is 1. The van der Waals surface area contributed by atoms with Crippen LogP contribution in [0.15, 0.2) is 41.2 Å². The van der Waals surface area contributed by atoms with Gasteiger partial charge in [-0.25, -0.2) is 4.98 Å². The lowest BCUT2D eigenvalue weighted by molar-refractivity contribution is -0.125. The van der Waals surface area contributed by atoms with E-state index in [9.17, 15) is 4.79 Å². The molecule has 1 atom stereocenters. The van der Waals surface area contributed by atoms with Crippen molar-refractivity contribution in [1.29, 1.82) is 0 Å². The maximum absolute atomic E-state index is 12.8. The van der Waals surface area contributed by atoms with Crippen LogP contribution in [-0.2, 0) is 11.3 Å². The van der Waals surface area contributed by atoms with E-state index >= 15 is 0 Å². The second-order valence-electron chi connectivity index (χ2n) is 7.30. The first-order chi connectivity index (χ1) is 15.2. The quantitative estimate of drug-likeness (QED) is 0.455. The van der Waals surface area contributed by atoms with Crippen LogP contribution in [0, 0.1) is 5.92 Å². The molecule has 1 aliphatic rings. The van der Waals surface area contributed by atoms with E-state index in [1.807, 2.05) is 35.2 Å². The summed E-state index contributed by atoms with van der Waals surface area (Å²) >= 11 is 6.06. The molecule has 5 rings (SSSR count). The molecule has 1 aliphatic heterocycles. The summed E-state index contributed by atoms with van der Waals surface area (Å²) in [4.78, 5) is 34.9. The van der Waals surface area contributed by atoms with E-state index in [1.165, 1.54) is 0 Å². The van der Waals surface area contributed by atoms with Gasteiger partial charge in [0.15, 0.2) is 17.3 Å². The Morgan fingerprint density at radius 1 is 1.26 bits per heavy atom. The molecule has 3 aromatic heterocycles. The number of nitrogens with one attached hydrogen (secondary N) is 2. The molecule has 0 spiro atoms. The number of nitrogens with zero attached hydrogens (tertiary/aromatic N) is 6. The molecule has 10 nitrogen and oxygen atoms in total. The van der Waals surface area contributed by atoms with Gasteiger partial charge in [-0.15, -0.1) is 0 Å². The number of hydrogen-bond acceptors (Lipinski definition) is 8. The second kappa shape index (κ2) is 8.31. The minimum Gasteiger partial charge on any atom is -0.354 e. The number of piperidine rings is 1. The van der Waals surface area contributed by atoms with Gasteiger partial charge in [0.25, 0.3) is 5.89 Å². The van der Waals surface area contributed by atoms with Crippen molar-refractivity contribution >= 4 is 34.5 Å².